The van der Waals surface area contributed by atoms with Crippen LogP contribution < -0.4 is 10.2 Å². The summed E-state index contributed by atoms with van der Waals surface area (Å²) in [7, 11) is 0. The van der Waals surface area contributed by atoms with Gasteiger partial charge in [0.05, 0.1) is 6.10 Å². The number of aliphatic hydroxyl groups is 1. The molecule has 5 nitrogen and oxygen atoms in total. The third kappa shape index (κ3) is 4.25. The fraction of sp³-hybridized carbons (Fsp3) is 0.409. The Morgan fingerprint density at radius 3 is 2.67 bits per heavy atom. The van der Waals surface area contributed by atoms with E-state index in [1.54, 1.807) is 4.90 Å². The monoisotopic (exact) mass is 365 g/mol. The highest BCUT2D eigenvalue weighted by Crippen LogP contribution is 2.28. The van der Waals surface area contributed by atoms with Crippen LogP contribution in [-0.2, 0) is 19.5 Å². The van der Waals surface area contributed by atoms with Crippen molar-refractivity contribution in [2.45, 2.75) is 38.5 Å². The fourth-order valence-corrected chi connectivity index (χ4v) is 3.98. The van der Waals surface area contributed by atoms with Crippen molar-refractivity contribution in [3.63, 3.8) is 0 Å². The Bertz CT molecular complexity index is 790. The van der Waals surface area contributed by atoms with E-state index in [9.17, 15) is 9.90 Å². The SMILES string of the molecule is O=C(NCc1ccc(CN2CCc3ccccc32)cc1)N1CCC[C@H](O)C1. The van der Waals surface area contributed by atoms with Gasteiger partial charge in [-0.15, -0.1) is 0 Å². The van der Waals surface area contributed by atoms with Crippen molar-refractivity contribution < 1.29 is 9.90 Å². The molecule has 2 aromatic carbocycles. The first-order valence-electron chi connectivity index (χ1n) is 9.80. The number of fused-ring (bicyclic) bond motifs is 1. The van der Waals surface area contributed by atoms with Crippen molar-refractivity contribution in [3.05, 3.63) is 65.2 Å². The van der Waals surface area contributed by atoms with Crippen LogP contribution >= 0.6 is 0 Å². The lowest BCUT2D eigenvalue weighted by Gasteiger charge is -2.30. The number of carbonyl (C=O) groups is 1. The lowest BCUT2D eigenvalue weighted by Crippen LogP contribution is -2.46. The van der Waals surface area contributed by atoms with Crippen molar-refractivity contribution in [2.24, 2.45) is 0 Å². The average molecular weight is 365 g/mol. The van der Waals surface area contributed by atoms with Crippen molar-refractivity contribution in [3.8, 4) is 0 Å². The average Bonchev–Trinajstić information content (AvgIpc) is 3.10. The second-order valence-corrected chi connectivity index (χ2v) is 7.52. The van der Waals surface area contributed by atoms with Crippen LogP contribution in [0.5, 0.6) is 0 Å². The molecule has 2 aliphatic rings. The van der Waals surface area contributed by atoms with Crippen molar-refractivity contribution >= 4 is 11.7 Å². The van der Waals surface area contributed by atoms with Crippen LogP contribution in [0.25, 0.3) is 0 Å². The number of amides is 2. The van der Waals surface area contributed by atoms with Crippen LogP contribution in [0.1, 0.15) is 29.5 Å². The van der Waals surface area contributed by atoms with Gasteiger partial charge in [-0.1, -0.05) is 42.5 Å². The predicted octanol–water partition coefficient (Wildman–Crippen LogP) is 2.92. The molecule has 4 rings (SSSR count). The summed E-state index contributed by atoms with van der Waals surface area (Å²) in [6.45, 7) is 3.65. The number of aliphatic hydroxyl groups excluding tert-OH is 1. The molecule has 1 saturated heterocycles. The number of nitrogens with zero attached hydrogens (tertiary/aromatic N) is 2. The number of urea groups is 1. The smallest absolute Gasteiger partial charge is 0.317 e. The van der Waals surface area contributed by atoms with Gasteiger partial charge in [0.1, 0.15) is 0 Å². The highest BCUT2D eigenvalue weighted by Gasteiger charge is 2.21. The largest absolute Gasteiger partial charge is 0.391 e. The molecule has 27 heavy (non-hydrogen) atoms. The minimum atomic E-state index is -0.389. The van der Waals surface area contributed by atoms with Gasteiger partial charge < -0.3 is 20.2 Å². The maximum Gasteiger partial charge on any atom is 0.317 e. The molecular weight excluding hydrogens is 338 g/mol. The zero-order valence-corrected chi connectivity index (χ0v) is 15.6. The maximum absolute atomic E-state index is 12.2. The van der Waals surface area contributed by atoms with Gasteiger partial charge in [-0.3, -0.25) is 0 Å². The second kappa shape index (κ2) is 8.01. The molecule has 1 fully saturated rings. The number of rotatable bonds is 4. The summed E-state index contributed by atoms with van der Waals surface area (Å²) >= 11 is 0. The van der Waals surface area contributed by atoms with E-state index in [2.05, 4.69) is 58.7 Å². The zero-order chi connectivity index (χ0) is 18.6. The first-order valence-corrected chi connectivity index (χ1v) is 9.80. The molecule has 5 heteroatoms. The minimum absolute atomic E-state index is 0.0912. The fourth-order valence-electron chi connectivity index (χ4n) is 3.98. The van der Waals surface area contributed by atoms with Crippen molar-refractivity contribution in [1.82, 2.24) is 10.2 Å². The molecule has 2 aliphatic heterocycles. The molecule has 0 radical (unpaired) electrons. The van der Waals surface area contributed by atoms with Gasteiger partial charge in [0.25, 0.3) is 0 Å². The van der Waals surface area contributed by atoms with Crippen LogP contribution in [-0.4, -0.2) is 41.8 Å². The van der Waals surface area contributed by atoms with E-state index < -0.39 is 0 Å². The molecule has 0 spiro atoms. The molecule has 0 aliphatic carbocycles. The normalized spacial score (nSPS) is 19.1. The van der Waals surface area contributed by atoms with E-state index in [0.29, 0.717) is 13.1 Å². The third-order valence-corrected chi connectivity index (χ3v) is 5.51. The number of carbonyl (C=O) groups excluding carboxylic acids is 1. The van der Waals surface area contributed by atoms with Gasteiger partial charge >= 0.3 is 6.03 Å². The number of piperidine rings is 1. The standard InChI is InChI=1S/C22H27N3O2/c26-20-5-3-12-25(16-20)22(27)23-14-17-7-9-18(10-8-17)15-24-13-11-19-4-1-2-6-21(19)24/h1-2,4,6-10,20,26H,3,5,11-16H2,(H,23,27)/t20-/m0/s1. The van der Waals surface area contributed by atoms with Gasteiger partial charge in [0.15, 0.2) is 0 Å². The number of hydrogen-bond donors (Lipinski definition) is 2. The van der Waals surface area contributed by atoms with Crippen LogP contribution in [0.4, 0.5) is 10.5 Å². The molecule has 0 unspecified atom stereocenters. The first kappa shape index (κ1) is 17.9. The summed E-state index contributed by atoms with van der Waals surface area (Å²) in [5.74, 6) is 0. The lowest BCUT2D eigenvalue weighted by atomic mass is 10.1. The Morgan fingerprint density at radius 2 is 1.85 bits per heavy atom. The van der Waals surface area contributed by atoms with Gasteiger partial charge in [0, 0.05) is 38.4 Å². The topological polar surface area (TPSA) is 55.8 Å². The number of hydrogen-bond acceptors (Lipinski definition) is 3. The van der Waals surface area contributed by atoms with Crippen molar-refractivity contribution in [1.29, 1.82) is 0 Å². The van der Waals surface area contributed by atoms with Gasteiger partial charge in [-0.05, 0) is 42.0 Å². The third-order valence-electron chi connectivity index (χ3n) is 5.51. The Balaban J connectivity index is 1.30. The number of nitrogens with one attached hydrogen (secondary N) is 1. The highest BCUT2D eigenvalue weighted by molar-refractivity contribution is 5.74. The van der Waals surface area contributed by atoms with Crippen LogP contribution in [0.3, 0.4) is 0 Å². The Morgan fingerprint density at radius 1 is 1.07 bits per heavy atom. The zero-order valence-electron chi connectivity index (χ0n) is 15.6. The van der Waals surface area contributed by atoms with Gasteiger partial charge in [-0.25, -0.2) is 4.79 Å². The first-order chi connectivity index (χ1) is 13.2. The summed E-state index contributed by atoms with van der Waals surface area (Å²) < 4.78 is 0. The summed E-state index contributed by atoms with van der Waals surface area (Å²) in [6, 6.07) is 17.0. The van der Waals surface area contributed by atoms with E-state index in [1.807, 2.05) is 0 Å². The van der Waals surface area contributed by atoms with Crippen LogP contribution in [0, 0.1) is 0 Å². The summed E-state index contributed by atoms with van der Waals surface area (Å²) in [4.78, 5) is 16.4. The number of benzene rings is 2. The molecule has 1 atom stereocenters. The van der Waals surface area contributed by atoms with E-state index in [0.717, 1.165) is 44.5 Å². The van der Waals surface area contributed by atoms with E-state index >= 15 is 0 Å². The summed E-state index contributed by atoms with van der Waals surface area (Å²) in [6.07, 6.45) is 2.38. The molecule has 142 valence electrons. The summed E-state index contributed by atoms with van der Waals surface area (Å²) in [5.41, 5.74) is 5.14. The Labute approximate surface area is 160 Å². The molecule has 2 N–H and O–H groups in total. The molecule has 2 amide bonds. The summed E-state index contributed by atoms with van der Waals surface area (Å²) in [5, 5.41) is 12.7. The Hall–Kier alpha value is -2.53. The van der Waals surface area contributed by atoms with Gasteiger partial charge in [-0.2, -0.15) is 0 Å². The molecule has 2 aromatic rings. The molecule has 0 bridgehead atoms. The minimum Gasteiger partial charge on any atom is -0.391 e. The highest BCUT2D eigenvalue weighted by atomic mass is 16.3. The second-order valence-electron chi connectivity index (χ2n) is 7.52. The quantitative estimate of drug-likeness (QED) is 0.876. The molecule has 0 aromatic heterocycles. The van der Waals surface area contributed by atoms with Crippen molar-refractivity contribution in [2.75, 3.05) is 24.5 Å². The molecule has 2 heterocycles. The lowest BCUT2D eigenvalue weighted by molar-refractivity contribution is 0.0842. The number of likely N-dealkylation sites (tertiary alicyclic amines) is 1. The van der Waals surface area contributed by atoms with E-state index in [4.69, 9.17) is 0 Å². The van der Waals surface area contributed by atoms with Crippen LogP contribution in [0.2, 0.25) is 0 Å². The Kier molecular flexibility index (Phi) is 5.30. The number of β-amino-alcohol motifs (C(OH)–C–C–N with tert-alkyl or cyclic N) is 1. The molecule has 0 saturated carbocycles. The van der Waals surface area contributed by atoms with Gasteiger partial charge in [0.2, 0.25) is 0 Å². The predicted molar refractivity (Wildman–Crippen MR) is 107 cm³/mol. The van der Waals surface area contributed by atoms with E-state index in [1.165, 1.54) is 16.8 Å². The van der Waals surface area contributed by atoms with E-state index in [-0.39, 0.29) is 12.1 Å². The number of para-hydroxylation sites is 1. The molecular formula is C22H27N3O2. The maximum atomic E-state index is 12.2. The van der Waals surface area contributed by atoms with Crippen LogP contribution in [0.15, 0.2) is 48.5 Å². The number of anilines is 1.